The molecule has 112 valence electrons. The fourth-order valence-electron chi connectivity index (χ4n) is 3.61. The average molecular weight is 299 g/mol. The summed E-state index contributed by atoms with van der Waals surface area (Å²) in [6.07, 6.45) is 6.40. The molecule has 2 heteroatoms. The van der Waals surface area contributed by atoms with Crippen LogP contribution in [0.1, 0.15) is 48.1 Å². The summed E-state index contributed by atoms with van der Waals surface area (Å²) in [6, 6.07) is 13.9. The van der Waals surface area contributed by atoms with E-state index in [9.17, 15) is 0 Å². The molecule has 1 aliphatic rings. The number of hydrogen-bond donors (Lipinski definition) is 1. The van der Waals surface area contributed by atoms with Crippen LogP contribution in [0.25, 0.3) is 0 Å². The summed E-state index contributed by atoms with van der Waals surface area (Å²) in [7, 11) is 0. The van der Waals surface area contributed by atoms with Crippen molar-refractivity contribution in [3.8, 4) is 0 Å². The van der Waals surface area contributed by atoms with E-state index in [1.54, 1.807) is 10.4 Å². The van der Waals surface area contributed by atoms with Gasteiger partial charge in [0.2, 0.25) is 0 Å². The second-order valence-electron chi connectivity index (χ2n) is 5.99. The summed E-state index contributed by atoms with van der Waals surface area (Å²) in [4.78, 5) is 1.63. The molecule has 1 aromatic carbocycles. The molecular formula is C19H25NS. The molecule has 2 unspecified atom stereocenters. The molecule has 2 atom stereocenters. The lowest BCUT2D eigenvalue weighted by molar-refractivity contribution is 0.381. The maximum absolute atomic E-state index is 3.76. The molecule has 0 fully saturated rings. The molecule has 0 bridgehead atoms. The maximum Gasteiger partial charge on any atom is 0.0139 e. The molecule has 0 saturated carbocycles. The molecule has 0 spiro atoms. The van der Waals surface area contributed by atoms with Crippen LogP contribution in [0.2, 0.25) is 0 Å². The first-order valence-corrected chi connectivity index (χ1v) is 9.10. The summed E-state index contributed by atoms with van der Waals surface area (Å²) >= 11 is 1.95. The van der Waals surface area contributed by atoms with Crippen molar-refractivity contribution in [2.45, 2.75) is 51.0 Å². The molecule has 0 aliphatic heterocycles. The first-order valence-electron chi connectivity index (χ1n) is 8.22. The average Bonchev–Trinajstić information content (AvgIpc) is 3.01. The predicted octanol–water partition coefficient (Wildman–Crippen LogP) is 4.78. The molecular weight excluding hydrogens is 274 g/mol. The third kappa shape index (κ3) is 3.56. The Kier molecular flexibility index (Phi) is 5.10. The standard InChI is InChI=1S/C19H25NS/c1-2-20-18(12-11-15-7-4-3-5-8-15)16-9-6-10-19-17(16)13-14-21-19/h3-5,7-8,13-14,16,18,20H,2,6,9-12H2,1H3. The lowest BCUT2D eigenvalue weighted by Gasteiger charge is -2.31. The Morgan fingerprint density at radius 2 is 2.10 bits per heavy atom. The molecule has 1 N–H and O–H groups in total. The van der Waals surface area contributed by atoms with Gasteiger partial charge >= 0.3 is 0 Å². The SMILES string of the molecule is CCNC(CCc1ccccc1)C1CCCc2sccc21. The largest absolute Gasteiger partial charge is 0.314 e. The first kappa shape index (κ1) is 14.8. The fourth-order valence-corrected chi connectivity index (χ4v) is 4.61. The van der Waals surface area contributed by atoms with Gasteiger partial charge < -0.3 is 5.32 Å². The summed E-state index contributed by atoms with van der Waals surface area (Å²) in [5, 5.41) is 6.04. The Hall–Kier alpha value is -1.12. The van der Waals surface area contributed by atoms with Gasteiger partial charge in [0, 0.05) is 16.8 Å². The minimum absolute atomic E-state index is 0.615. The van der Waals surface area contributed by atoms with Gasteiger partial charge in [-0.05, 0) is 61.2 Å². The van der Waals surface area contributed by atoms with Crippen molar-refractivity contribution in [2.24, 2.45) is 0 Å². The fraction of sp³-hybridized carbons (Fsp3) is 0.474. The van der Waals surface area contributed by atoms with Crippen LogP contribution in [0, 0.1) is 0 Å². The zero-order valence-corrected chi connectivity index (χ0v) is 13.7. The summed E-state index contributed by atoms with van der Waals surface area (Å²) in [5.74, 6) is 0.712. The monoisotopic (exact) mass is 299 g/mol. The van der Waals surface area contributed by atoms with Crippen LogP contribution in [0.3, 0.4) is 0 Å². The van der Waals surface area contributed by atoms with Crippen LogP contribution in [0.4, 0.5) is 0 Å². The van der Waals surface area contributed by atoms with E-state index in [2.05, 4.69) is 54.0 Å². The number of benzene rings is 1. The first-order chi connectivity index (χ1) is 10.4. The zero-order valence-electron chi connectivity index (χ0n) is 12.8. The van der Waals surface area contributed by atoms with Crippen molar-refractivity contribution in [2.75, 3.05) is 6.54 Å². The minimum atomic E-state index is 0.615. The van der Waals surface area contributed by atoms with Gasteiger partial charge in [0.1, 0.15) is 0 Å². The number of likely N-dealkylation sites (N-methyl/N-ethyl adjacent to an activating group) is 1. The molecule has 0 radical (unpaired) electrons. The molecule has 1 aliphatic carbocycles. The van der Waals surface area contributed by atoms with Gasteiger partial charge in [-0.3, -0.25) is 0 Å². The normalized spacial score (nSPS) is 19.2. The van der Waals surface area contributed by atoms with Gasteiger partial charge in [-0.25, -0.2) is 0 Å². The number of hydrogen-bond acceptors (Lipinski definition) is 2. The highest BCUT2D eigenvalue weighted by Gasteiger charge is 2.27. The number of aryl methyl sites for hydroxylation is 2. The molecule has 3 rings (SSSR count). The van der Waals surface area contributed by atoms with Gasteiger partial charge in [-0.1, -0.05) is 37.3 Å². The van der Waals surface area contributed by atoms with Crippen LogP contribution >= 0.6 is 11.3 Å². The molecule has 0 saturated heterocycles. The lowest BCUT2D eigenvalue weighted by Crippen LogP contribution is -2.36. The lowest BCUT2D eigenvalue weighted by atomic mass is 9.80. The molecule has 1 heterocycles. The molecule has 2 aromatic rings. The molecule has 0 amide bonds. The van der Waals surface area contributed by atoms with E-state index in [1.807, 2.05) is 11.3 Å². The number of thiophene rings is 1. The van der Waals surface area contributed by atoms with Crippen LogP contribution in [0.5, 0.6) is 0 Å². The third-order valence-corrected chi connectivity index (χ3v) is 5.63. The van der Waals surface area contributed by atoms with Crippen LogP contribution < -0.4 is 5.32 Å². The van der Waals surface area contributed by atoms with Crippen LogP contribution in [-0.2, 0) is 12.8 Å². The number of nitrogens with one attached hydrogen (secondary N) is 1. The number of fused-ring (bicyclic) bond motifs is 1. The summed E-state index contributed by atoms with van der Waals surface area (Å²) < 4.78 is 0. The molecule has 1 nitrogen and oxygen atoms in total. The van der Waals surface area contributed by atoms with Crippen molar-refractivity contribution in [3.63, 3.8) is 0 Å². The highest BCUT2D eigenvalue weighted by Crippen LogP contribution is 2.38. The van der Waals surface area contributed by atoms with Gasteiger partial charge in [0.05, 0.1) is 0 Å². The molecule has 21 heavy (non-hydrogen) atoms. The van der Waals surface area contributed by atoms with Crippen molar-refractivity contribution in [3.05, 3.63) is 57.8 Å². The van der Waals surface area contributed by atoms with Crippen molar-refractivity contribution < 1.29 is 0 Å². The minimum Gasteiger partial charge on any atom is -0.314 e. The van der Waals surface area contributed by atoms with E-state index in [0.29, 0.717) is 12.0 Å². The van der Waals surface area contributed by atoms with Crippen LogP contribution in [-0.4, -0.2) is 12.6 Å². The van der Waals surface area contributed by atoms with E-state index < -0.39 is 0 Å². The quantitative estimate of drug-likeness (QED) is 0.809. The highest BCUT2D eigenvalue weighted by atomic mass is 32.1. The van der Waals surface area contributed by atoms with E-state index >= 15 is 0 Å². The van der Waals surface area contributed by atoms with Gasteiger partial charge in [-0.15, -0.1) is 11.3 Å². The van der Waals surface area contributed by atoms with E-state index in [4.69, 9.17) is 0 Å². The van der Waals surface area contributed by atoms with Crippen molar-refractivity contribution in [1.82, 2.24) is 5.32 Å². The molecule has 1 aromatic heterocycles. The Bertz CT molecular complexity index is 546. The topological polar surface area (TPSA) is 12.0 Å². The summed E-state index contributed by atoms with van der Waals surface area (Å²) in [5.41, 5.74) is 3.09. The third-order valence-electron chi connectivity index (χ3n) is 4.64. The van der Waals surface area contributed by atoms with E-state index in [0.717, 1.165) is 6.54 Å². The second kappa shape index (κ2) is 7.24. The summed E-state index contributed by atoms with van der Waals surface area (Å²) in [6.45, 7) is 3.29. The Balaban J connectivity index is 1.70. The van der Waals surface area contributed by atoms with Gasteiger partial charge in [-0.2, -0.15) is 0 Å². The number of rotatable bonds is 6. The van der Waals surface area contributed by atoms with Crippen LogP contribution in [0.15, 0.2) is 41.8 Å². The maximum atomic E-state index is 3.76. The predicted molar refractivity (Wildman–Crippen MR) is 92.2 cm³/mol. The second-order valence-corrected chi connectivity index (χ2v) is 6.99. The van der Waals surface area contributed by atoms with Crippen molar-refractivity contribution in [1.29, 1.82) is 0 Å². The zero-order chi connectivity index (χ0) is 14.5. The Morgan fingerprint density at radius 1 is 1.24 bits per heavy atom. The smallest absolute Gasteiger partial charge is 0.0139 e. The van der Waals surface area contributed by atoms with Crippen molar-refractivity contribution >= 4 is 11.3 Å². The van der Waals surface area contributed by atoms with E-state index in [-0.39, 0.29) is 0 Å². The van der Waals surface area contributed by atoms with Gasteiger partial charge in [0.25, 0.3) is 0 Å². The highest BCUT2D eigenvalue weighted by molar-refractivity contribution is 7.10. The van der Waals surface area contributed by atoms with E-state index in [1.165, 1.54) is 37.7 Å². The Morgan fingerprint density at radius 3 is 2.90 bits per heavy atom. The van der Waals surface area contributed by atoms with Gasteiger partial charge in [0.15, 0.2) is 0 Å². The Labute approximate surface area is 132 Å².